The molecule has 0 atom stereocenters. The van der Waals surface area contributed by atoms with E-state index in [0.29, 0.717) is 22.7 Å². The largest absolute Gasteiger partial charge is 0.494 e. The van der Waals surface area contributed by atoms with Crippen molar-refractivity contribution in [3.05, 3.63) is 77.6 Å². The van der Waals surface area contributed by atoms with E-state index in [9.17, 15) is 17.6 Å². The van der Waals surface area contributed by atoms with Crippen molar-refractivity contribution in [3.63, 3.8) is 0 Å². The van der Waals surface area contributed by atoms with Gasteiger partial charge in [-0.1, -0.05) is 12.1 Å². The Balaban J connectivity index is 1.50. The number of nitrogens with zero attached hydrogens (tertiary/aromatic N) is 1. The van der Waals surface area contributed by atoms with Crippen molar-refractivity contribution in [3.8, 4) is 17.2 Å². The Morgan fingerprint density at radius 3 is 2.64 bits per heavy atom. The van der Waals surface area contributed by atoms with Gasteiger partial charge in [0.1, 0.15) is 0 Å². The highest BCUT2D eigenvalue weighted by Crippen LogP contribution is 2.34. The van der Waals surface area contributed by atoms with Gasteiger partial charge in [0.2, 0.25) is 6.79 Å². The number of benzene rings is 3. The maximum absolute atomic E-state index is 13.9. The molecule has 1 aliphatic heterocycles. The number of halogens is 1. The second-order valence-corrected chi connectivity index (χ2v) is 9.01. The molecule has 172 valence electrons. The molecule has 0 radical (unpaired) electrons. The van der Waals surface area contributed by atoms with E-state index < -0.39 is 21.7 Å². The van der Waals surface area contributed by atoms with Gasteiger partial charge in [-0.05, 0) is 48.0 Å². The Morgan fingerprint density at radius 1 is 1.09 bits per heavy atom. The van der Waals surface area contributed by atoms with E-state index in [0.717, 1.165) is 0 Å². The number of fused-ring (bicyclic) bond motifs is 1. The third-order valence-electron chi connectivity index (χ3n) is 5.00. The number of methoxy groups -OCH3 is 1. The Bertz CT molecular complexity index is 1310. The fraction of sp³-hybridized carbons (Fsp3) is 0.174. The summed E-state index contributed by atoms with van der Waals surface area (Å²) in [5, 5.41) is 0. The fourth-order valence-corrected chi connectivity index (χ4v) is 4.44. The predicted octanol–water partition coefficient (Wildman–Crippen LogP) is 3.64. The zero-order valence-electron chi connectivity index (χ0n) is 17.9. The van der Waals surface area contributed by atoms with Crippen molar-refractivity contribution in [1.29, 1.82) is 0 Å². The van der Waals surface area contributed by atoms with Gasteiger partial charge >= 0.3 is 0 Å². The summed E-state index contributed by atoms with van der Waals surface area (Å²) in [4.78, 5) is 14.2. The quantitative estimate of drug-likeness (QED) is 0.564. The van der Waals surface area contributed by atoms with Crippen LogP contribution in [0.25, 0.3) is 0 Å². The van der Waals surface area contributed by atoms with E-state index in [-0.39, 0.29) is 29.5 Å². The van der Waals surface area contributed by atoms with Crippen LogP contribution in [0.4, 0.5) is 10.1 Å². The van der Waals surface area contributed by atoms with E-state index in [4.69, 9.17) is 14.2 Å². The van der Waals surface area contributed by atoms with Gasteiger partial charge in [0.05, 0.1) is 17.7 Å². The Hall–Kier alpha value is -3.79. The molecule has 0 bridgehead atoms. The fourth-order valence-electron chi connectivity index (χ4n) is 3.34. The number of amides is 1. The number of nitrogens with one attached hydrogen (secondary N) is 1. The molecule has 1 N–H and O–H groups in total. The van der Waals surface area contributed by atoms with E-state index in [1.807, 2.05) is 0 Å². The molecule has 1 heterocycles. The third-order valence-corrected chi connectivity index (χ3v) is 6.38. The van der Waals surface area contributed by atoms with Gasteiger partial charge < -0.3 is 19.1 Å². The van der Waals surface area contributed by atoms with Gasteiger partial charge in [0.15, 0.2) is 23.1 Å². The van der Waals surface area contributed by atoms with Crippen molar-refractivity contribution in [2.24, 2.45) is 0 Å². The Labute approximate surface area is 190 Å². The van der Waals surface area contributed by atoms with Gasteiger partial charge in [-0.15, -0.1) is 0 Å². The lowest BCUT2D eigenvalue weighted by molar-refractivity contribution is 0.0784. The molecule has 10 heteroatoms. The van der Waals surface area contributed by atoms with Gasteiger partial charge in [-0.2, -0.15) is 0 Å². The smallest absolute Gasteiger partial charge is 0.261 e. The lowest BCUT2D eigenvalue weighted by Gasteiger charge is -2.18. The number of hydrogen-bond donors (Lipinski definition) is 1. The first-order valence-electron chi connectivity index (χ1n) is 9.87. The van der Waals surface area contributed by atoms with Gasteiger partial charge in [-0.25, -0.2) is 12.8 Å². The minimum absolute atomic E-state index is 0.0742. The van der Waals surface area contributed by atoms with Crippen molar-refractivity contribution >= 4 is 21.6 Å². The summed E-state index contributed by atoms with van der Waals surface area (Å²) in [6.07, 6.45) is 0. The van der Waals surface area contributed by atoms with Crippen LogP contribution in [0.15, 0.2) is 65.6 Å². The minimum Gasteiger partial charge on any atom is -0.494 e. The summed E-state index contributed by atoms with van der Waals surface area (Å²) in [6, 6.07) is 14.8. The molecule has 3 aromatic rings. The summed E-state index contributed by atoms with van der Waals surface area (Å²) < 4.78 is 57.6. The van der Waals surface area contributed by atoms with E-state index in [2.05, 4.69) is 4.72 Å². The molecule has 0 spiro atoms. The molecule has 0 unspecified atom stereocenters. The van der Waals surface area contributed by atoms with Crippen molar-refractivity contribution in [2.45, 2.75) is 11.4 Å². The maximum Gasteiger partial charge on any atom is 0.261 e. The molecular weight excluding hydrogens is 451 g/mol. The molecule has 1 aliphatic rings. The Morgan fingerprint density at radius 2 is 1.88 bits per heavy atom. The number of anilines is 1. The molecule has 0 saturated heterocycles. The van der Waals surface area contributed by atoms with Crippen LogP contribution in [0.5, 0.6) is 17.2 Å². The average Bonchev–Trinajstić information content (AvgIpc) is 3.26. The van der Waals surface area contributed by atoms with Gasteiger partial charge in [0, 0.05) is 25.2 Å². The normalized spacial score (nSPS) is 12.3. The van der Waals surface area contributed by atoms with Crippen LogP contribution in [0, 0.1) is 5.82 Å². The maximum atomic E-state index is 13.9. The van der Waals surface area contributed by atoms with Crippen LogP contribution < -0.4 is 18.9 Å². The number of hydrogen-bond acceptors (Lipinski definition) is 6. The molecule has 4 rings (SSSR count). The number of ether oxygens (including phenoxy) is 3. The summed E-state index contributed by atoms with van der Waals surface area (Å²) in [5.74, 6) is 0.145. The lowest BCUT2D eigenvalue weighted by Crippen LogP contribution is -2.26. The zero-order valence-corrected chi connectivity index (χ0v) is 18.7. The van der Waals surface area contributed by atoms with Crippen LogP contribution >= 0.6 is 0 Å². The van der Waals surface area contributed by atoms with Gasteiger partial charge in [0.25, 0.3) is 15.9 Å². The highest BCUT2D eigenvalue weighted by atomic mass is 32.2. The first kappa shape index (κ1) is 22.4. The standard InChI is InChI=1S/C23H21FN2O6S/c1-26(13-15-6-8-20(30-2)19(24)10-15)23(27)16-4-3-5-18(11-16)33(28,29)25-17-7-9-21-22(12-17)32-14-31-21/h3-12,25H,13-14H2,1-2H3. The molecule has 0 aliphatic carbocycles. The number of rotatable bonds is 7. The molecule has 0 saturated carbocycles. The highest BCUT2D eigenvalue weighted by Gasteiger charge is 2.20. The van der Waals surface area contributed by atoms with Crippen molar-refractivity contribution in [1.82, 2.24) is 4.90 Å². The minimum atomic E-state index is -3.97. The number of carbonyl (C=O) groups is 1. The number of sulfonamides is 1. The molecule has 8 nitrogen and oxygen atoms in total. The molecular formula is C23H21FN2O6S. The average molecular weight is 472 g/mol. The molecule has 0 fully saturated rings. The highest BCUT2D eigenvalue weighted by molar-refractivity contribution is 7.92. The summed E-state index contributed by atoms with van der Waals surface area (Å²) in [7, 11) is -1.04. The first-order chi connectivity index (χ1) is 15.8. The van der Waals surface area contributed by atoms with Crippen LogP contribution in [0.1, 0.15) is 15.9 Å². The Kier molecular flexibility index (Phi) is 6.10. The second kappa shape index (κ2) is 8.99. The van der Waals surface area contributed by atoms with E-state index in [1.165, 1.54) is 54.5 Å². The van der Waals surface area contributed by atoms with Crippen molar-refractivity contribution in [2.75, 3.05) is 25.7 Å². The molecule has 33 heavy (non-hydrogen) atoms. The molecule has 1 amide bonds. The molecule has 3 aromatic carbocycles. The summed E-state index contributed by atoms with van der Waals surface area (Å²) >= 11 is 0. The van der Waals surface area contributed by atoms with Crippen molar-refractivity contribution < 1.29 is 31.8 Å². The predicted molar refractivity (Wildman–Crippen MR) is 119 cm³/mol. The van der Waals surface area contributed by atoms with Crippen LogP contribution in [-0.2, 0) is 16.6 Å². The summed E-state index contributed by atoms with van der Waals surface area (Å²) in [5.41, 5.74) is 1.05. The lowest BCUT2D eigenvalue weighted by atomic mass is 10.1. The van der Waals surface area contributed by atoms with Gasteiger partial charge in [-0.3, -0.25) is 9.52 Å². The zero-order chi connectivity index (χ0) is 23.6. The van der Waals surface area contributed by atoms with Crippen LogP contribution in [0.3, 0.4) is 0 Å². The van der Waals surface area contributed by atoms with Crippen LogP contribution in [-0.4, -0.2) is 40.2 Å². The SMILES string of the molecule is COc1ccc(CN(C)C(=O)c2cccc(S(=O)(=O)Nc3ccc4c(c3)OCO4)c2)cc1F. The van der Waals surface area contributed by atoms with Crippen LogP contribution in [0.2, 0.25) is 0 Å². The third kappa shape index (κ3) is 4.85. The second-order valence-electron chi connectivity index (χ2n) is 7.33. The first-order valence-corrected chi connectivity index (χ1v) is 11.4. The molecule has 0 aromatic heterocycles. The number of carbonyl (C=O) groups excluding carboxylic acids is 1. The van der Waals surface area contributed by atoms with E-state index in [1.54, 1.807) is 25.2 Å². The van der Waals surface area contributed by atoms with E-state index >= 15 is 0 Å². The summed E-state index contributed by atoms with van der Waals surface area (Å²) in [6.45, 7) is 0.207. The monoisotopic (exact) mass is 472 g/mol. The topological polar surface area (TPSA) is 94.2 Å².